The van der Waals surface area contributed by atoms with E-state index >= 15 is 4.39 Å². The molecule has 0 bridgehead atoms. The minimum atomic E-state index is -1.66. The summed E-state index contributed by atoms with van der Waals surface area (Å²) < 4.78 is 58.4. The number of hydrogen-bond donors (Lipinski definition) is 2. The molecule has 15 heteroatoms. The first-order valence-corrected chi connectivity index (χ1v) is 18.3. The van der Waals surface area contributed by atoms with Crippen molar-refractivity contribution in [1.29, 1.82) is 5.26 Å². The van der Waals surface area contributed by atoms with Gasteiger partial charge in [-0.25, -0.2) is 9.37 Å². The van der Waals surface area contributed by atoms with Gasteiger partial charge in [0, 0.05) is 40.5 Å². The van der Waals surface area contributed by atoms with Crippen molar-refractivity contribution in [3.8, 4) is 29.0 Å². The Morgan fingerprint density at radius 3 is 2.85 bits per heavy atom. The van der Waals surface area contributed by atoms with Crippen LogP contribution in [-0.2, 0) is 6.42 Å². The van der Waals surface area contributed by atoms with Crippen molar-refractivity contribution in [2.75, 3.05) is 49.2 Å². The highest BCUT2D eigenvalue weighted by atomic mass is 35.5. The van der Waals surface area contributed by atoms with Crippen LogP contribution in [0.15, 0.2) is 48.2 Å². The second-order valence-electron chi connectivity index (χ2n) is 13.5. The SMILES string of the molecule is CCCN1c2nc(OCC34CCCN3CC(=C(F)F)C4)nc3c(F)c(-c4cccc5sc(N)c(C#N)c45)c(Cl)c(c23)OCC1Cc1ccnc(N)c1. The molecule has 6 heterocycles. The Morgan fingerprint density at radius 2 is 2.08 bits per heavy atom. The fourth-order valence-corrected chi connectivity index (χ4v) is 9.35. The van der Waals surface area contributed by atoms with Crippen molar-refractivity contribution in [2.24, 2.45) is 0 Å². The van der Waals surface area contributed by atoms with Gasteiger partial charge in [0.1, 0.15) is 41.4 Å². The summed E-state index contributed by atoms with van der Waals surface area (Å²) in [5.74, 6) is 0.220. The number of nitrogens with two attached hydrogens (primary N) is 2. The molecule has 4 N–H and O–H groups in total. The number of thiophene rings is 1. The summed E-state index contributed by atoms with van der Waals surface area (Å²) in [6, 6.07) is 10.7. The number of aromatic nitrogens is 3. The van der Waals surface area contributed by atoms with Gasteiger partial charge >= 0.3 is 6.01 Å². The zero-order valence-corrected chi connectivity index (χ0v) is 29.8. The van der Waals surface area contributed by atoms with Crippen molar-refractivity contribution >= 4 is 60.6 Å². The van der Waals surface area contributed by atoms with Gasteiger partial charge < -0.3 is 25.8 Å². The van der Waals surface area contributed by atoms with E-state index in [1.165, 1.54) is 11.3 Å². The van der Waals surface area contributed by atoms with Crippen LogP contribution in [0.1, 0.15) is 43.7 Å². The molecule has 0 saturated carbocycles. The molecule has 10 nitrogen and oxygen atoms in total. The summed E-state index contributed by atoms with van der Waals surface area (Å²) >= 11 is 8.40. The number of rotatable bonds is 8. The Bertz CT molecular complexity index is 2330. The molecular weight excluding hydrogens is 713 g/mol. The molecule has 0 aliphatic carbocycles. The first-order valence-electron chi connectivity index (χ1n) is 17.1. The summed E-state index contributed by atoms with van der Waals surface area (Å²) in [6.45, 7) is 3.63. The van der Waals surface area contributed by atoms with Crippen LogP contribution < -0.4 is 25.8 Å². The lowest BCUT2D eigenvalue weighted by atomic mass is 9.94. The maximum Gasteiger partial charge on any atom is 0.319 e. The average Bonchev–Trinajstić information content (AvgIpc) is 3.76. The second-order valence-corrected chi connectivity index (χ2v) is 15.0. The molecule has 2 aromatic carbocycles. The van der Waals surface area contributed by atoms with E-state index < -0.39 is 17.4 Å². The van der Waals surface area contributed by atoms with E-state index in [2.05, 4.69) is 20.9 Å². The number of nitriles is 1. The van der Waals surface area contributed by atoms with Gasteiger partial charge in [-0.3, -0.25) is 4.90 Å². The molecule has 268 valence electrons. The summed E-state index contributed by atoms with van der Waals surface area (Å²) in [5.41, 5.74) is 13.2. The van der Waals surface area contributed by atoms with Gasteiger partial charge in [0.25, 0.3) is 6.08 Å². The number of nitrogen functional groups attached to an aromatic ring is 2. The lowest BCUT2D eigenvalue weighted by Crippen LogP contribution is -2.43. The number of hydrogen-bond acceptors (Lipinski definition) is 11. The molecular formula is C37H34ClF3N8O2S. The van der Waals surface area contributed by atoms with Crippen LogP contribution in [0, 0.1) is 17.1 Å². The van der Waals surface area contributed by atoms with Crippen molar-refractivity contribution in [3.63, 3.8) is 0 Å². The standard InChI is InChI=1S/C37H34ClF3N8O2S/c1-2-10-49-21(12-19-7-9-45-25(43)13-19)17-50-32-28-31(30(39)27(29(32)38)22-5-3-6-24-26(22)23(15-42)34(44)52-24)46-36(47-35(28)49)51-18-37-8-4-11-48(37)16-20(14-37)33(40)41/h3,5-7,9,13,21H,2,4,8,10-12,14,16-18,44H2,1H3,(H2,43,45). The molecule has 3 aliphatic rings. The van der Waals surface area contributed by atoms with Gasteiger partial charge in [-0.15, -0.1) is 11.3 Å². The van der Waals surface area contributed by atoms with Gasteiger partial charge in [0.05, 0.1) is 27.6 Å². The van der Waals surface area contributed by atoms with Crippen LogP contribution in [0.4, 0.5) is 29.8 Å². The molecule has 0 spiro atoms. The van der Waals surface area contributed by atoms with Crippen LogP contribution in [0.25, 0.3) is 32.1 Å². The number of halogens is 4. The molecule has 2 fully saturated rings. The number of pyridine rings is 1. The van der Waals surface area contributed by atoms with Gasteiger partial charge in [-0.05, 0) is 68.0 Å². The minimum absolute atomic E-state index is 0.00613. The largest absolute Gasteiger partial charge is 0.489 e. The zero-order valence-electron chi connectivity index (χ0n) is 28.2. The highest BCUT2D eigenvalue weighted by molar-refractivity contribution is 7.23. The van der Waals surface area contributed by atoms with E-state index in [-0.39, 0.29) is 76.6 Å². The van der Waals surface area contributed by atoms with Crippen LogP contribution in [0.5, 0.6) is 11.8 Å². The van der Waals surface area contributed by atoms with E-state index in [0.717, 1.165) is 18.4 Å². The lowest BCUT2D eigenvalue weighted by molar-refractivity contribution is 0.108. The Morgan fingerprint density at radius 1 is 1.23 bits per heavy atom. The molecule has 5 aromatic rings. The van der Waals surface area contributed by atoms with Gasteiger partial charge in [0.2, 0.25) is 0 Å². The van der Waals surface area contributed by atoms with E-state index in [9.17, 15) is 14.0 Å². The predicted molar refractivity (Wildman–Crippen MR) is 197 cm³/mol. The van der Waals surface area contributed by atoms with E-state index in [4.69, 9.17) is 37.5 Å². The summed E-state index contributed by atoms with van der Waals surface area (Å²) in [4.78, 5) is 17.8. The summed E-state index contributed by atoms with van der Waals surface area (Å²) in [5, 5.41) is 11.1. The van der Waals surface area contributed by atoms with Gasteiger partial charge in [0.15, 0.2) is 11.6 Å². The van der Waals surface area contributed by atoms with E-state index in [1.807, 2.05) is 24.0 Å². The predicted octanol–water partition coefficient (Wildman–Crippen LogP) is 7.72. The number of fused-ring (bicyclic) bond motifs is 2. The van der Waals surface area contributed by atoms with Crippen LogP contribution in [0.2, 0.25) is 5.02 Å². The molecule has 52 heavy (non-hydrogen) atoms. The third-order valence-electron chi connectivity index (χ3n) is 10.4. The van der Waals surface area contributed by atoms with Crippen LogP contribution in [0.3, 0.4) is 0 Å². The molecule has 0 amide bonds. The van der Waals surface area contributed by atoms with E-state index in [0.29, 0.717) is 58.2 Å². The lowest BCUT2D eigenvalue weighted by Gasteiger charge is -2.32. The highest BCUT2D eigenvalue weighted by Crippen LogP contribution is 2.51. The van der Waals surface area contributed by atoms with Gasteiger partial charge in [-0.2, -0.15) is 24.0 Å². The fourth-order valence-electron chi connectivity index (χ4n) is 8.06. The van der Waals surface area contributed by atoms with Crippen molar-refractivity contribution in [1.82, 2.24) is 19.9 Å². The number of benzene rings is 2. The molecule has 2 saturated heterocycles. The molecule has 0 radical (unpaired) electrons. The average molecular weight is 747 g/mol. The monoisotopic (exact) mass is 746 g/mol. The molecule has 3 aromatic heterocycles. The second kappa shape index (κ2) is 13.3. The van der Waals surface area contributed by atoms with E-state index in [1.54, 1.807) is 24.4 Å². The Labute approximate surface area is 306 Å². The highest BCUT2D eigenvalue weighted by Gasteiger charge is 2.48. The fraction of sp³-hybridized carbons (Fsp3) is 0.351. The van der Waals surface area contributed by atoms with Crippen LogP contribution in [-0.4, -0.2) is 64.3 Å². The number of anilines is 3. The van der Waals surface area contributed by atoms with Crippen LogP contribution >= 0.6 is 22.9 Å². The Kier molecular flexibility index (Phi) is 8.76. The summed E-state index contributed by atoms with van der Waals surface area (Å²) in [6.07, 6.45) is 2.90. The van der Waals surface area contributed by atoms with Gasteiger partial charge in [-0.1, -0.05) is 30.7 Å². The Hall–Kier alpha value is -4.84. The van der Waals surface area contributed by atoms with Crippen molar-refractivity contribution in [2.45, 2.75) is 50.6 Å². The summed E-state index contributed by atoms with van der Waals surface area (Å²) in [7, 11) is 0. The first-order chi connectivity index (χ1) is 25.1. The third kappa shape index (κ3) is 5.62. The Balaban J connectivity index is 1.32. The zero-order chi connectivity index (χ0) is 36.3. The minimum Gasteiger partial charge on any atom is -0.489 e. The normalized spacial score (nSPS) is 19.9. The molecule has 2 unspecified atom stereocenters. The first kappa shape index (κ1) is 34.3. The van der Waals surface area contributed by atoms with Crippen molar-refractivity contribution in [3.05, 3.63) is 70.1 Å². The third-order valence-corrected chi connectivity index (χ3v) is 11.7. The number of nitrogens with zero attached hydrogens (tertiary/aromatic N) is 6. The van der Waals surface area contributed by atoms with Crippen molar-refractivity contribution < 1.29 is 22.6 Å². The maximum absolute atomic E-state index is 17.4. The quantitative estimate of drug-likeness (QED) is 0.162. The molecule has 3 aliphatic heterocycles. The maximum atomic E-state index is 17.4. The smallest absolute Gasteiger partial charge is 0.319 e. The molecule has 2 atom stereocenters. The molecule has 8 rings (SSSR count). The topological polar surface area (TPSA) is 139 Å². The number of ether oxygens (including phenoxy) is 2.